The molecule has 1 aliphatic rings. The molecule has 0 spiro atoms. The maximum absolute atomic E-state index is 13.6. The molecule has 1 saturated heterocycles. The molecule has 0 aliphatic carbocycles. The maximum atomic E-state index is 13.6. The molecular weight excluding hydrogens is 225 g/mol. The molecule has 6 nitrogen and oxygen atoms in total. The molecule has 94 valence electrons. The highest BCUT2D eigenvalue weighted by atomic mass is 19.1. The predicted molar refractivity (Wildman–Crippen MR) is 62.0 cm³/mol. The Morgan fingerprint density at radius 1 is 1.71 bits per heavy atom. The Labute approximate surface area is 99.0 Å². The van der Waals surface area contributed by atoms with Crippen LogP contribution in [0.15, 0.2) is 6.20 Å². The molecule has 0 radical (unpaired) electrons. The van der Waals surface area contributed by atoms with Crippen molar-refractivity contribution >= 4 is 11.8 Å². The van der Waals surface area contributed by atoms with E-state index in [1.165, 1.54) is 0 Å². The Morgan fingerprint density at radius 2 is 2.53 bits per heavy atom. The fourth-order valence-corrected chi connectivity index (χ4v) is 2.05. The van der Waals surface area contributed by atoms with Crippen LogP contribution in [-0.2, 0) is 4.74 Å². The summed E-state index contributed by atoms with van der Waals surface area (Å²) in [5.41, 5.74) is 2.31. The number of nitrogens with two attached hydrogens (primary N) is 1. The van der Waals surface area contributed by atoms with Crippen LogP contribution in [0.4, 0.5) is 16.2 Å². The van der Waals surface area contributed by atoms with Crippen LogP contribution in [0.3, 0.4) is 0 Å². The minimum absolute atomic E-state index is 0.219. The fraction of sp³-hybridized carbons (Fsp3) is 0.600. The summed E-state index contributed by atoms with van der Waals surface area (Å²) in [5, 5.41) is 0. The Kier molecular flexibility index (Phi) is 3.70. The van der Waals surface area contributed by atoms with Crippen molar-refractivity contribution in [1.82, 2.24) is 9.97 Å². The van der Waals surface area contributed by atoms with Crippen LogP contribution < -0.4 is 16.2 Å². The first-order valence-electron chi connectivity index (χ1n) is 5.47. The molecule has 1 unspecified atom stereocenters. The van der Waals surface area contributed by atoms with E-state index in [-0.39, 0.29) is 5.95 Å². The summed E-state index contributed by atoms with van der Waals surface area (Å²) in [6.45, 7) is 2.20. The third-order valence-electron chi connectivity index (χ3n) is 2.84. The van der Waals surface area contributed by atoms with Gasteiger partial charge in [0.15, 0.2) is 11.6 Å². The molecule has 0 aromatic carbocycles. The van der Waals surface area contributed by atoms with E-state index in [0.717, 1.165) is 25.7 Å². The number of hydrogen-bond acceptors (Lipinski definition) is 6. The number of halogens is 1. The van der Waals surface area contributed by atoms with E-state index in [1.807, 2.05) is 4.90 Å². The second kappa shape index (κ2) is 5.24. The van der Waals surface area contributed by atoms with Gasteiger partial charge in [-0.15, -0.1) is 0 Å². The highest BCUT2D eigenvalue weighted by molar-refractivity contribution is 5.44. The second-order valence-corrected chi connectivity index (χ2v) is 4.07. The van der Waals surface area contributed by atoms with Crippen molar-refractivity contribution in [3.05, 3.63) is 12.0 Å². The minimum atomic E-state index is -0.429. The Hall–Kier alpha value is -1.47. The molecule has 1 aromatic heterocycles. The number of nitrogens with zero attached hydrogens (tertiary/aromatic N) is 3. The first-order valence-corrected chi connectivity index (χ1v) is 5.47. The molecule has 2 rings (SSSR count). The highest BCUT2D eigenvalue weighted by Crippen LogP contribution is 2.24. The first-order chi connectivity index (χ1) is 8.24. The zero-order valence-electron chi connectivity index (χ0n) is 9.69. The summed E-state index contributed by atoms with van der Waals surface area (Å²) in [6, 6.07) is 0. The lowest BCUT2D eigenvalue weighted by Gasteiger charge is -2.18. The molecule has 0 bridgehead atoms. The van der Waals surface area contributed by atoms with Gasteiger partial charge < -0.3 is 9.64 Å². The number of aromatic nitrogens is 2. The molecule has 1 aliphatic heterocycles. The summed E-state index contributed by atoms with van der Waals surface area (Å²) >= 11 is 0. The molecule has 3 N–H and O–H groups in total. The van der Waals surface area contributed by atoms with Crippen LogP contribution >= 0.6 is 0 Å². The molecule has 1 atom stereocenters. The van der Waals surface area contributed by atoms with Crippen LogP contribution in [0.2, 0.25) is 0 Å². The quantitative estimate of drug-likeness (QED) is 0.586. The maximum Gasteiger partial charge on any atom is 0.239 e. The number of hydrazine groups is 1. The van der Waals surface area contributed by atoms with Gasteiger partial charge in [0.2, 0.25) is 5.95 Å². The lowest BCUT2D eigenvalue weighted by Crippen LogP contribution is -2.24. The van der Waals surface area contributed by atoms with Crippen molar-refractivity contribution in [3.8, 4) is 0 Å². The van der Waals surface area contributed by atoms with Crippen molar-refractivity contribution in [3.63, 3.8) is 0 Å². The van der Waals surface area contributed by atoms with Gasteiger partial charge in [0, 0.05) is 26.1 Å². The third kappa shape index (κ3) is 2.62. The standard InChI is InChI=1S/C10H16FN5O/c1-17-6-7-2-3-16(5-7)9-8(11)4-13-10(14-9)15-12/h4,7H,2-3,5-6,12H2,1H3,(H,13,14,15). The van der Waals surface area contributed by atoms with Crippen LogP contribution in [-0.4, -0.2) is 36.8 Å². The largest absolute Gasteiger partial charge is 0.384 e. The van der Waals surface area contributed by atoms with Gasteiger partial charge >= 0.3 is 0 Å². The van der Waals surface area contributed by atoms with Crippen molar-refractivity contribution < 1.29 is 9.13 Å². The summed E-state index contributed by atoms with van der Waals surface area (Å²) in [5.74, 6) is 5.71. The average Bonchev–Trinajstić information content (AvgIpc) is 2.79. The van der Waals surface area contributed by atoms with E-state index in [9.17, 15) is 4.39 Å². The SMILES string of the molecule is COCC1CCN(c2nc(NN)ncc2F)C1. The number of nitrogen functional groups attached to an aromatic ring is 1. The summed E-state index contributed by atoms with van der Waals surface area (Å²) in [6.07, 6.45) is 2.10. The summed E-state index contributed by atoms with van der Waals surface area (Å²) in [4.78, 5) is 9.63. The number of nitrogens with one attached hydrogen (secondary N) is 1. The van der Waals surface area contributed by atoms with Gasteiger partial charge in [-0.05, 0) is 6.42 Å². The molecule has 7 heteroatoms. The molecule has 0 saturated carbocycles. The van der Waals surface area contributed by atoms with E-state index in [0.29, 0.717) is 18.3 Å². The minimum Gasteiger partial charge on any atom is -0.384 e. The Bertz CT molecular complexity index is 389. The third-order valence-corrected chi connectivity index (χ3v) is 2.84. The van der Waals surface area contributed by atoms with Crippen LogP contribution in [0.5, 0.6) is 0 Å². The van der Waals surface area contributed by atoms with Gasteiger partial charge in [-0.1, -0.05) is 0 Å². The zero-order valence-corrected chi connectivity index (χ0v) is 9.69. The van der Waals surface area contributed by atoms with Crippen molar-refractivity contribution in [1.29, 1.82) is 0 Å². The van der Waals surface area contributed by atoms with Crippen LogP contribution in [0.1, 0.15) is 6.42 Å². The van der Waals surface area contributed by atoms with Crippen molar-refractivity contribution in [2.24, 2.45) is 11.8 Å². The van der Waals surface area contributed by atoms with E-state index in [1.54, 1.807) is 7.11 Å². The van der Waals surface area contributed by atoms with Gasteiger partial charge in [0.1, 0.15) is 0 Å². The van der Waals surface area contributed by atoms with Gasteiger partial charge in [0.25, 0.3) is 0 Å². The lowest BCUT2D eigenvalue weighted by molar-refractivity contribution is 0.161. The van der Waals surface area contributed by atoms with Crippen LogP contribution in [0.25, 0.3) is 0 Å². The van der Waals surface area contributed by atoms with E-state index < -0.39 is 5.82 Å². The predicted octanol–water partition coefficient (Wildman–Crippen LogP) is 0.374. The molecular formula is C10H16FN5O. The second-order valence-electron chi connectivity index (χ2n) is 4.07. The van der Waals surface area contributed by atoms with E-state index in [4.69, 9.17) is 10.6 Å². The number of methoxy groups -OCH3 is 1. The summed E-state index contributed by atoms with van der Waals surface area (Å²) in [7, 11) is 1.67. The fourth-order valence-electron chi connectivity index (χ4n) is 2.05. The van der Waals surface area contributed by atoms with Gasteiger partial charge in [-0.2, -0.15) is 4.98 Å². The van der Waals surface area contributed by atoms with Gasteiger partial charge in [-0.25, -0.2) is 15.2 Å². The van der Waals surface area contributed by atoms with Crippen LogP contribution in [0, 0.1) is 11.7 Å². The monoisotopic (exact) mass is 241 g/mol. The number of ether oxygens (including phenoxy) is 1. The number of rotatable bonds is 4. The van der Waals surface area contributed by atoms with Crippen molar-refractivity contribution in [2.45, 2.75) is 6.42 Å². The topological polar surface area (TPSA) is 76.3 Å². The molecule has 1 fully saturated rings. The zero-order chi connectivity index (χ0) is 12.3. The first kappa shape index (κ1) is 12.0. The molecule has 1 aromatic rings. The Morgan fingerprint density at radius 3 is 3.24 bits per heavy atom. The average molecular weight is 241 g/mol. The van der Waals surface area contributed by atoms with Gasteiger partial charge in [-0.3, -0.25) is 5.43 Å². The smallest absolute Gasteiger partial charge is 0.239 e. The summed E-state index contributed by atoms with van der Waals surface area (Å²) < 4.78 is 18.7. The number of anilines is 2. The molecule has 2 heterocycles. The van der Waals surface area contributed by atoms with Crippen molar-refractivity contribution in [2.75, 3.05) is 37.1 Å². The highest BCUT2D eigenvalue weighted by Gasteiger charge is 2.25. The number of hydrogen-bond donors (Lipinski definition) is 2. The Balaban J connectivity index is 2.12. The van der Waals surface area contributed by atoms with Gasteiger partial charge in [0.05, 0.1) is 12.8 Å². The van der Waals surface area contributed by atoms with E-state index >= 15 is 0 Å². The lowest BCUT2D eigenvalue weighted by atomic mass is 10.1. The normalized spacial score (nSPS) is 19.7. The molecule has 0 amide bonds. The molecule has 17 heavy (non-hydrogen) atoms. The van der Waals surface area contributed by atoms with E-state index in [2.05, 4.69) is 15.4 Å².